The Balaban J connectivity index is 2.03. The molecule has 0 bridgehead atoms. The second kappa shape index (κ2) is 6.57. The van der Waals surface area contributed by atoms with E-state index >= 15 is 0 Å². The van der Waals surface area contributed by atoms with E-state index in [9.17, 15) is 4.79 Å². The molecule has 1 aromatic heterocycles. The first-order valence-corrected chi connectivity index (χ1v) is 7.03. The lowest BCUT2D eigenvalue weighted by molar-refractivity contribution is 0.0950. The van der Waals surface area contributed by atoms with Gasteiger partial charge in [-0.3, -0.25) is 4.79 Å². The van der Waals surface area contributed by atoms with Crippen molar-refractivity contribution >= 4 is 16.9 Å². The molecule has 1 atom stereocenters. The molecule has 4 nitrogen and oxygen atoms in total. The first-order chi connectivity index (χ1) is 9.61. The maximum absolute atomic E-state index is 12.3. The molecule has 1 aromatic carbocycles. The number of fused-ring (bicyclic) bond motifs is 1. The van der Waals surface area contributed by atoms with Crippen molar-refractivity contribution in [3.8, 4) is 0 Å². The first-order valence-electron chi connectivity index (χ1n) is 7.03. The maximum atomic E-state index is 12.3. The molecule has 0 aliphatic carbocycles. The van der Waals surface area contributed by atoms with E-state index in [1.54, 1.807) is 6.26 Å². The minimum Gasteiger partial charge on any atom is -0.464 e. The molecule has 2 aromatic rings. The molecule has 0 unspecified atom stereocenters. The van der Waals surface area contributed by atoms with Gasteiger partial charge in [-0.2, -0.15) is 0 Å². The number of likely N-dealkylation sites (N-methyl/N-ethyl adjacent to an activating group) is 1. The van der Waals surface area contributed by atoms with Gasteiger partial charge in [0.25, 0.3) is 5.91 Å². The van der Waals surface area contributed by atoms with Gasteiger partial charge in [-0.15, -0.1) is 0 Å². The Kier molecular flexibility index (Phi) is 4.79. The highest BCUT2D eigenvalue weighted by molar-refractivity contribution is 6.05. The van der Waals surface area contributed by atoms with Crippen LogP contribution in [-0.2, 0) is 0 Å². The lowest BCUT2D eigenvalue weighted by Gasteiger charge is -2.19. The Morgan fingerprint density at radius 2 is 2.10 bits per heavy atom. The van der Waals surface area contributed by atoms with E-state index in [-0.39, 0.29) is 5.91 Å². The third-order valence-electron chi connectivity index (χ3n) is 3.41. The van der Waals surface area contributed by atoms with Crippen molar-refractivity contribution in [2.24, 2.45) is 5.92 Å². The van der Waals surface area contributed by atoms with Crippen LogP contribution in [0, 0.1) is 5.92 Å². The van der Waals surface area contributed by atoms with E-state index < -0.39 is 0 Å². The predicted molar refractivity (Wildman–Crippen MR) is 80.8 cm³/mol. The number of carbonyl (C=O) groups excluding carboxylic acids is 1. The molecule has 1 heterocycles. The Morgan fingerprint density at radius 3 is 2.80 bits per heavy atom. The average Bonchev–Trinajstić information content (AvgIpc) is 2.90. The number of nitrogens with one attached hydrogen (secondary N) is 2. The molecule has 0 saturated heterocycles. The highest BCUT2D eigenvalue weighted by atomic mass is 16.3. The number of benzene rings is 1. The fourth-order valence-corrected chi connectivity index (χ4v) is 2.38. The fraction of sp³-hybridized carbons (Fsp3) is 0.438. The average molecular weight is 274 g/mol. The van der Waals surface area contributed by atoms with Gasteiger partial charge < -0.3 is 15.1 Å². The molecule has 0 spiro atoms. The van der Waals surface area contributed by atoms with Crippen molar-refractivity contribution in [2.75, 3.05) is 13.6 Å². The molecule has 2 rings (SSSR count). The largest absolute Gasteiger partial charge is 0.464 e. The van der Waals surface area contributed by atoms with Gasteiger partial charge in [0.2, 0.25) is 0 Å². The molecule has 0 radical (unpaired) electrons. The van der Waals surface area contributed by atoms with Crippen molar-refractivity contribution in [3.63, 3.8) is 0 Å². The van der Waals surface area contributed by atoms with Gasteiger partial charge >= 0.3 is 0 Å². The Bertz CT molecular complexity index is 575. The van der Waals surface area contributed by atoms with Gasteiger partial charge in [-0.1, -0.05) is 19.9 Å². The standard InChI is InChI=1S/C16H22N2O2/c1-11(2)9-12(17-3)10-18-16(19)14-5-4-6-15-13(14)7-8-20-15/h4-8,11-12,17H,9-10H2,1-3H3,(H,18,19)/t12-/m1/s1. The molecule has 20 heavy (non-hydrogen) atoms. The summed E-state index contributed by atoms with van der Waals surface area (Å²) in [6.07, 6.45) is 2.64. The zero-order valence-electron chi connectivity index (χ0n) is 12.3. The number of hydrogen-bond donors (Lipinski definition) is 2. The van der Waals surface area contributed by atoms with Gasteiger partial charge in [-0.05, 0) is 37.6 Å². The normalized spacial score (nSPS) is 12.8. The third kappa shape index (κ3) is 3.39. The molecule has 1 amide bonds. The van der Waals surface area contributed by atoms with Crippen LogP contribution in [0.1, 0.15) is 30.6 Å². The van der Waals surface area contributed by atoms with Crippen LogP contribution in [0.15, 0.2) is 34.9 Å². The summed E-state index contributed by atoms with van der Waals surface area (Å²) in [5.41, 5.74) is 1.40. The van der Waals surface area contributed by atoms with E-state index in [4.69, 9.17) is 4.42 Å². The molecule has 0 fully saturated rings. The highest BCUT2D eigenvalue weighted by Crippen LogP contribution is 2.19. The molecular weight excluding hydrogens is 252 g/mol. The smallest absolute Gasteiger partial charge is 0.252 e. The number of furan rings is 1. The van der Waals surface area contributed by atoms with Crippen LogP contribution < -0.4 is 10.6 Å². The summed E-state index contributed by atoms with van der Waals surface area (Å²) in [7, 11) is 1.93. The van der Waals surface area contributed by atoms with Crippen LogP contribution in [0.25, 0.3) is 11.0 Å². The molecular formula is C16H22N2O2. The lowest BCUT2D eigenvalue weighted by atomic mass is 10.0. The van der Waals surface area contributed by atoms with E-state index in [2.05, 4.69) is 24.5 Å². The lowest BCUT2D eigenvalue weighted by Crippen LogP contribution is -2.40. The molecule has 2 N–H and O–H groups in total. The minimum absolute atomic E-state index is 0.0546. The van der Waals surface area contributed by atoms with Gasteiger partial charge in [0.1, 0.15) is 5.58 Å². The van der Waals surface area contributed by atoms with Gasteiger partial charge in [0.05, 0.1) is 11.8 Å². The second-order valence-electron chi connectivity index (χ2n) is 5.46. The van der Waals surface area contributed by atoms with Crippen molar-refractivity contribution in [1.82, 2.24) is 10.6 Å². The van der Waals surface area contributed by atoms with Crippen molar-refractivity contribution in [2.45, 2.75) is 26.3 Å². The topological polar surface area (TPSA) is 54.3 Å². The van der Waals surface area contributed by atoms with E-state index in [0.29, 0.717) is 24.1 Å². The number of rotatable bonds is 6. The summed E-state index contributed by atoms with van der Waals surface area (Å²) in [6.45, 7) is 4.98. The Labute approximate surface area is 119 Å². The zero-order chi connectivity index (χ0) is 14.5. The monoisotopic (exact) mass is 274 g/mol. The first kappa shape index (κ1) is 14.6. The molecule has 108 valence electrons. The quantitative estimate of drug-likeness (QED) is 0.851. The van der Waals surface area contributed by atoms with E-state index in [1.165, 1.54) is 0 Å². The summed E-state index contributed by atoms with van der Waals surface area (Å²) in [5.74, 6) is 0.544. The van der Waals surface area contributed by atoms with Gasteiger partial charge in [0, 0.05) is 18.0 Å². The van der Waals surface area contributed by atoms with Gasteiger partial charge in [0.15, 0.2) is 0 Å². The van der Waals surface area contributed by atoms with Crippen LogP contribution in [0.2, 0.25) is 0 Å². The van der Waals surface area contributed by atoms with Gasteiger partial charge in [-0.25, -0.2) is 0 Å². The van der Waals surface area contributed by atoms with Crippen LogP contribution in [0.3, 0.4) is 0 Å². The second-order valence-corrected chi connectivity index (χ2v) is 5.46. The van der Waals surface area contributed by atoms with Crippen LogP contribution in [-0.4, -0.2) is 25.5 Å². The van der Waals surface area contributed by atoms with Crippen LogP contribution in [0.4, 0.5) is 0 Å². The molecule has 4 heteroatoms. The number of amides is 1. The van der Waals surface area contributed by atoms with Crippen LogP contribution in [0.5, 0.6) is 0 Å². The highest BCUT2D eigenvalue weighted by Gasteiger charge is 2.14. The SMILES string of the molecule is CN[C@@H](CNC(=O)c1cccc2occc12)CC(C)C. The summed E-state index contributed by atoms with van der Waals surface area (Å²) >= 11 is 0. The zero-order valence-corrected chi connectivity index (χ0v) is 12.3. The predicted octanol–water partition coefficient (Wildman–Crippen LogP) is 2.80. The molecule has 0 saturated carbocycles. The summed E-state index contributed by atoms with van der Waals surface area (Å²) in [6, 6.07) is 7.64. The number of carbonyl (C=O) groups is 1. The van der Waals surface area contributed by atoms with Crippen LogP contribution >= 0.6 is 0 Å². The summed E-state index contributed by atoms with van der Waals surface area (Å²) < 4.78 is 5.32. The summed E-state index contributed by atoms with van der Waals surface area (Å²) in [5, 5.41) is 7.09. The Morgan fingerprint density at radius 1 is 1.30 bits per heavy atom. The van der Waals surface area contributed by atoms with E-state index in [1.807, 2.05) is 31.3 Å². The third-order valence-corrected chi connectivity index (χ3v) is 3.41. The number of hydrogen-bond acceptors (Lipinski definition) is 3. The fourth-order valence-electron chi connectivity index (χ4n) is 2.38. The van der Waals surface area contributed by atoms with Crippen molar-refractivity contribution < 1.29 is 9.21 Å². The molecule has 0 aliphatic rings. The Hall–Kier alpha value is -1.81. The maximum Gasteiger partial charge on any atom is 0.252 e. The molecule has 0 aliphatic heterocycles. The minimum atomic E-state index is -0.0546. The summed E-state index contributed by atoms with van der Waals surface area (Å²) in [4.78, 5) is 12.3. The van der Waals surface area contributed by atoms with E-state index in [0.717, 1.165) is 17.4 Å². The van der Waals surface area contributed by atoms with Crippen molar-refractivity contribution in [3.05, 3.63) is 36.1 Å². The van der Waals surface area contributed by atoms with Crippen molar-refractivity contribution in [1.29, 1.82) is 0 Å².